The first-order chi connectivity index (χ1) is 22.2. The number of esters is 1. The number of benzene rings is 3. The molecule has 0 spiro atoms. The fourth-order valence-electron chi connectivity index (χ4n) is 5.68. The Morgan fingerprint density at radius 2 is 1.41 bits per heavy atom. The summed E-state index contributed by atoms with van der Waals surface area (Å²) in [6.45, 7) is 4.52. The van der Waals surface area contributed by atoms with Crippen LogP contribution in [-0.2, 0) is 20.9 Å². The summed E-state index contributed by atoms with van der Waals surface area (Å²) >= 11 is 0. The molecule has 0 radical (unpaired) electrons. The van der Waals surface area contributed by atoms with Gasteiger partial charge in [0.2, 0.25) is 0 Å². The van der Waals surface area contributed by atoms with Crippen LogP contribution in [0, 0.1) is 0 Å². The number of nitrogens with zero attached hydrogens (tertiary/aromatic N) is 1. The zero-order chi connectivity index (χ0) is 33.1. The van der Waals surface area contributed by atoms with Gasteiger partial charge in [-0.1, -0.05) is 92.7 Å². The van der Waals surface area contributed by atoms with Crippen LogP contribution in [0.15, 0.2) is 91.0 Å². The minimum absolute atomic E-state index is 0.0265. The lowest BCUT2D eigenvalue weighted by molar-refractivity contribution is -0.144. The first kappa shape index (κ1) is 34.1. The lowest BCUT2D eigenvalue weighted by Crippen LogP contribution is -2.22. The molecule has 4 N–H and O–H groups in total. The predicted octanol–water partition coefficient (Wildman–Crippen LogP) is 6.50. The largest absolute Gasteiger partial charge is 0.481 e. The van der Waals surface area contributed by atoms with Crippen molar-refractivity contribution in [2.24, 2.45) is 0 Å². The van der Waals surface area contributed by atoms with Gasteiger partial charge in [-0.2, -0.15) is 0 Å². The van der Waals surface area contributed by atoms with Crippen molar-refractivity contribution in [3.63, 3.8) is 0 Å². The van der Waals surface area contributed by atoms with E-state index in [2.05, 4.69) is 23.7 Å². The van der Waals surface area contributed by atoms with Crippen molar-refractivity contribution < 1.29 is 34.4 Å². The van der Waals surface area contributed by atoms with Crippen molar-refractivity contribution in [2.75, 3.05) is 11.9 Å². The average molecular weight is 627 g/mol. The molecular weight excluding hydrogens is 584 g/mol. The van der Waals surface area contributed by atoms with E-state index in [4.69, 9.17) is 9.84 Å². The topological polar surface area (TPSA) is 138 Å². The molecule has 0 aliphatic heterocycles. The molecule has 46 heavy (non-hydrogen) atoms. The summed E-state index contributed by atoms with van der Waals surface area (Å²) in [5, 5.41) is 31.6. The van der Waals surface area contributed by atoms with E-state index in [-0.39, 0.29) is 37.7 Å². The molecule has 242 valence electrons. The molecule has 0 aliphatic rings. The third kappa shape index (κ3) is 9.15. The van der Waals surface area contributed by atoms with Gasteiger partial charge in [0, 0.05) is 36.3 Å². The summed E-state index contributed by atoms with van der Waals surface area (Å²) in [7, 11) is 0. The van der Waals surface area contributed by atoms with E-state index in [1.807, 2.05) is 91.0 Å². The van der Waals surface area contributed by atoms with Crippen molar-refractivity contribution in [2.45, 2.75) is 70.6 Å². The first-order valence-corrected chi connectivity index (χ1v) is 15.6. The van der Waals surface area contributed by atoms with Gasteiger partial charge >= 0.3 is 11.9 Å². The van der Waals surface area contributed by atoms with Crippen molar-refractivity contribution in [3.05, 3.63) is 102 Å². The van der Waals surface area contributed by atoms with E-state index in [9.17, 15) is 24.6 Å². The number of rotatable bonds is 16. The normalized spacial score (nSPS) is 12.5. The molecule has 0 unspecified atom stereocenters. The number of carboxylic acids is 1. The molecule has 1 heterocycles. The lowest BCUT2D eigenvalue weighted by Gasteiger charge is -2.17. The van der Waals surface area contributed by atoms with Crippen LogP contribution in [0.25, 0.3) is 22.4 Å². The zero-order valence-corrected chi connectivity index (χ0v) is 26.3. The molecule has 1 aromatic heterocycles. The third-order valence-corrected chi connectivity index (χ3v) is 7.65. The van der Waals surface area contributed by atoms with E-state index in [1.54, 1.807) is 0 Å². The summed E-state index contributed by atoms with van der Waals surface area (Å²) < 4.78 is 7.49. The number of aliphatic hydroxyl groups excluding tert-OH is 2. The second kappa shape index (κ2) is 16.5. The summed E-state index contributed by atoms with van der Waals surface area (Å²) in [6, 6.07) is 29.1. The molecule has 3 aromatic carbocycles. The number of aromatic nitrogens is 1. The van der Waals surface area contributed by atoms with Crippen LogP contribution in [0.4, 0.5) is 5.69 Å². The lowest BCUT2D eigenvalue weighted by atomic mass is 9.94. The number of anilines is 1. The van der Waals surface area contributed by atoms with Crippen LogP contribution in [-0.4, -0.2) is 56.5 Å². The average Bonchev–Trinajstić information content (AvgIpc) is 3.37. The molecule has 2 atom stereocenters. The smallest absolute Gasteiger partial charge is 0.305 e. The van der Waals surface area contributed by atoms with Gasteiger partial charge in [0.1, 0.15) is 0 Å². The van der Waals surface area contributed by atoms with E-state index < -0.39 is 30.6 Å². The number of hydrogen-bond acceptors (Lipinski definition) is 6. The summed E-state index contributed by atoms with van der Waals surface area (Å²) in [5.74, 6) is -1.81. The Morgan fingerprint density at radius 3 is 2.00 bits per heavy atom. The number of nitrogens with one attached hydrogen (secondary N) is 1. The number of aliphatic carboxylic acids is 1. The van der Waals surface area contributed by atoms with Crippen LogP contribution < -0.4 is 5.32 Å². The Hall–Kier alpha value is -4.73. The summed E-state index contributed by atoms with van der Waals surface area (Å²) in [6.07, 6.45) is -2.06. The highest BCUT2D eigenvalue weighted by Crippen LogP contribution is 2.42. The van der Waals surface area contributed by atoms with Gasteiger partial charge in [-0.25, -0.2) is 0 Å². The molecule has 4 aromatic rings. The van der Waals surface area contributed by atoms with E-state index in [0.717, 1.165) is 28.1 Å². The van der Waals surface area contributed by atoms with Gasteiger partial charge in [-0.3, -0.25) is 14.4 Å². The zero-order valence-electron chi connectivity index (χ0n) is 26.3. The summed E-state index contributed by atoms with van der Waals surface area (Å²) in [5.41, 5.74) is 5.72. The molecule has 0 aliphatic carbocycles. The standard InChI is InChI=1S/C37H42N2O7/c1-25(2)35-34(37(45)38-28-17-10-5-11-18-28)33(26-13-6-3-7-14-26)36(27-15-8-4-9-16-27)39(35)21-12-19-32(44)46-22-20-29(40)23-30(41)24-31(42)43/h3-11,13-18,25,29-30,40-41H,12,19-24H2,1-2H3,(H,38,45)(H,42,43)/t29-,30-/m0/s1. The monoisotopic (exact) mass is 626 g/mol. The Labute approximate surface area is 269 Å². The number of carbonyl (C=O) groups excluding carboxylic acids is 2. The van der Waals surface area contributed by atoms with Gasteiger partial charge < -0.3 is 29.9 Å². The number of aliphatic hydroxyl groups is 2. The van der Waals surface area contributed by atoms with Crippen molar-refractivity contribution in [1.82, 2.24) is 4.57 Å². The number of para-hydroxylation sites is 1. The maximum Gasteiger partial charge on any atom is 0.305 e. The minimum atomic E-state index is -1.17. The Bertz CT molecular complexity index is 1580. The maximum atomic E-state index is 14.1. The predicted molar refractivity (Wildman–Crippen MR) is 177 cm³/mol. The highest BCUT2D eigenvalue weighted by molar-refractivity contribution is 6.12. The van der Waals surface area contributed by atoms with Crippen molar-refractivity contribution in [1.29, 1.82) is 0 Å². The van der Waals surface area contributed by atoms with Crippen LogP contribution in [0.5, 0.6) is 0 Å². The molecule has 9 heteroatoms. The molecule has 1 amide bonds. The molecule has 0 fully saturated rings. The van der Waals surface area contributed by atoms with Crippen LogP contribution >= 0.6 is 0 Å². The quantitative estimate of drug-likeness (QED) is 0.104. The second-order valence-corrected chi connectivity index (χ2v) is 11.6. The van der Waals surface area contributed by atoms with Gasteiger partial charge in [-0.05, 0) is 42.0 Å². The molecule has 0 bridgehead atoms. The van der Waals surface area contributed by atoms with Crippen LogP contribution in [0.3, 0.4) is 0 Å². The van der Waals surface area contributed by atoms with Gasteiger partial charge in [0.25, 0.3) is 5.91 Å². The first-order valence-electron chi connectivity index (χ1n) is 15.6. The van der Waals surface area contributed by atoms with Gasteiger partial charge in [-0.15, -0.1) is 0 Å². The SMILES string of the molecule is CC(C)c1c(C(=O)Nc2ccccc2)c(-c2ccccc2)c(-c2ccccc2)n1CCCC(=O)OCC[C@H](O)C[C@H](O)CC(=O)O. The maximum absolute atomic E-state index is 14.1. The third-order valence-electron chi connectivity index (χ3n) is 7.65. The number of carbonyl (C=O) groups is 3. The number of ether oxygens (including phenoxy) is 1. The Morgan fingerprint density at radius 1 is 0.826 bits per heavy atom. The molecule has 9 nitrogen and oxygen atoms in total. The van der Waals surface area contributed by atoms with E-state index in [1.165, 1.54) is 0 Å². The van der Waals surface area contributed by atoms with E-state index in [0.29, 0.717) is 24.2 Å². The number of hydrogen-bond donors (Lipinski definition) is 4. The van der Waals surface area contributed by atoms with Crippen LogP contribution in [0.1, 0.15) is 67.9 Å². The van der Waals surface area contributed by atoms with Gasteiger partial charge in [0.15, 0.2) is 0 Å². The molecular formula is C37H42N2O7. The fraction of sp³-hybridized carbons (Fsp3) is 0.324. The highest BCUT2D eigenvalue weighted by Gasteiger charge is 2.30. The summed E-state index contributed by atoms with van der Waals surface area (Å²) in [4.78, 5) is 37.5. The molecule has 4 rings (SSSR count). The number of carboxylic acid groups (broad SMARTS) is 1. The van der Waals surface area contributed by atoms with Crippen LogP contribution in [0.2, 0.25) is 0 Å². The number of amides is 1. The molecule has 0 saturated heterocycles. The van der Waals surface area contributed by atoms with Gasteiger partial charge in [0.05, 0.1) is 36.5 Å². The van der Waals surface area contributed by atoms with Crippen molar-refractivity contribution >= 4 is 23.5 Å². The molecule has 0 saturated carbocycles. The second-order valence-electron chi connectivity index (χ2n) is 11.6. The Kier molecular flexibility index (Phi) is 12.3. The van der Waals surface area contributed by atoms with Crippen molar-refractivity contribution in [3.8, 4) is 22.4 Å². The highest BCUT2D eigenvalue weighted by atomic mass is 16.5. The van der Waals surface area contributed by atoms with E-state index >= 15 is 0 Å². The fourth-order valence-corrected chi connectivity index (χ4v) is 5.68. The Balaban J connectivity index is 1.61. The minimum Gasteiger partial charge on any atom is -0.481 e.